The van der Waals surface area contributed by atoms with E-state index in [1.165, 1.54) is 6.92 Å². The highest BCUT2D eigenvalue weighted by molar-refractivity contribution is 5.73. The lowest BCUT2D eigenvalue weighted by Gasteiger charge is -2.24. The molecule has 1 atom stereocenters. The highest BCUT2D eigenvalue weighted by Crippen LogP contribution is 2.24. The zero-order valence-corrected chi connectivity index (χ0v) is 12.4. The number of morpholine rings is 1. The first kappa shape index (κ1) is 14.5. The number of hydrogen-bond acceptors (Lipinski definition) is 6. The van der Waals surface area contributed by atoms with E-state index in [9.17, 15) is 4.79 Å². The third-order valence-electron chi connectivity index (χ3n) is 3.44. The lowest BCUT2D eigenvalue weighted by Crippen LogP contribution is -2.36. The molecule has 0 bridgehead atoms. The van der Waals surface area contributed by atoms with Gasteiger partial charge < -0.3 is 19.4 Å². The molecule has 1 saturated heterocycles. The summed E-state index contributed by atoms with van der Waals surface area (Å²) in [7, 11) is 0. The van der Waals surface area contributed by atoms with Gasteiger partial charge in [-0.15, -0.1) is 5.10 Å². The zero-order valence-electron chi connectivity index (χ0n) is 12.4. The summed E-state index contributed by atoms with van der Waals surface area (Å²) in [6, 6.07) is 9.58. The van der Waals surface area contributed by atoms with E-state index in [0.717, 1.165) is 18.7 Å². The molecule has 7 nitrogen and oxygen atoms in total. The van der Waals surface area contributed by atoms with Crippen LogP contribution in [0.1, 0.15) is 24.4 Å². The maximum absolute atomic E-state index is 11.5. The van der Waals surface area contributed by atoms with Crippen LogP contribution in [0.5, 0.6) is 0 Å². The molecule has 0 aliphatic carbocycles. The predicted octanol–water partition coefficient (Wildman–Crippen LogP) is 1.13. The Morgan fingerprint density at radius 3 is 2.64 bits per heavy atom. The van der Waals surface area contributed by atoms with Crippen molar-refractivity contribution in [1.29, 1.82) is 0 Å². The average molecular weight is 302 g/mol. The van der Waals surface area contributed by atoms with Crippen molar-refractivity contribution >= 4 is 11.9 Å². The lowest BCUT2D eigenvalue weighted by molar-refractivity contribution is -0.119. The summed E-state index contributed by atoms with van der Waals surface area (Å²) in [5.41, 5.74) is 0.898. The molecular formula is C15H18N4O3. The molecule has 22 heavy (non-hydrogen) atoms. The van der Waals surface area contributed by atoms with Gasteiger partial charge in [-0.05, 0) is 5.56 Å². The van der Waals surface area contributed by atoms with Crippen LogP contribution in [0.4, 0.5) is 6.01 Å². The van der Waals surface area contributed by atoms with E-state index in [1.54, 1.807) is 0 Å². The first-order valence-corrected chi connectivity index (χ1v) is 7.22. The number of hydrogen-bond donors (Lipinski definition) is 1. The number of rotatable bonds is 4. The maximum atomic E-state index is 11.5. The Kier molecular flexibility index (Phi) is 4.34. The highest BCUT2D eigenvalue weighted by Gasteiger charge is 2.24. The molecule has 1 aliphatic rings. The average Bonchev–Trinajstić information content (AvgIpc) is 3.04. The standard InChI is InChI=1S/C15H18N4O3/c1-11(20)16-13(12-5-3-2-4-6-12)14-17-18-15(22-14)19-7-9-21-10-8-19/h2-6,13H,7-10H2,1H3,(H,16,20)/t13-/m1/s1. The summed E-state index contributed by atoms with van der Waals surface area (Å²) >= 11 is 0. The minimum atomic E-state index is -0.444. The van der Waals surface area contributed by atoms with Crippen LogP contribution in [0.2, 0.25) is 0 Å². The smallest absolute Gasteiger partial charge is 0.318 e. The Bertz CT molecular complexity index is 623. The maximum Gasteiger partial charge on any atom is 0.318 e. The monoisotopic (exact) mass is 302 g/mol. The number of amides is 1. The Morgan fingerprint density at radius 1 is 1.23 bits per heavy atom. The van der Waals surface area contributed by atoms with E-state index in [1.807, 2.05) is 35.2 Å². The Hall–Kier alpha value is -2.41. The number of ether oxygens (including phenoxy) is 1. The van der Waals surface area contributed by atoms with E-state index in [0.29, 0.717) is 25.1 Å². The van der Waals surface area contributed by atoms with Crippen molar-refractivity contribution in [2.24, 2.45) is 0 Å². The van der Waals surface area contributed by atoms with Crippen LogP contribution >= 0.6 is 0 Å². The number of nitrogens with one attached hydrogen (secondary N) is 1. The van der Waals surface area contributed by atoms with Gasteiger partial charge in [-0.25, -0.2) is 0 Å². The van der Waals surface area contributed by atoms with E-state index in [4.69, 9.17) is 9.15 Å². The number of nitrogens with zero attached hydrogens (tertiary/aromatic N) is 3. The molecule has 1 N–H and O–H groups in total. The van der Waals surface area contributed by atoms with E-state index < -0.39 is 6.04 Å². The molecule has 2 aromatic rings. The minimum Gasteiger partial charge on any atom is -0.405 e. The third kappa shape index (κ3) is 3.25. The van der Waals surface area contributed by atoms with Crippen molar-refractivity contribution in [2.75, 3.05) is 31.2 Å². The first-order valence-electron chi connectivity index (χ1n) is 7.22. The molecule has 1 aromatic carbocycles. The van der Waals surface area contributed by atoms with Gasteiger partial charge in [-0.2, -0.15) is 0 Å². The van der Waals surface area contributed by atoms with E-state index in [2.05, 4.69) is 15.5 Å². The Morgan fingerprint density at radius 2 is 1.95 bits per heavy atom. The summed E-state index contributed by atoms with van der Waals surface area (Å²) < 4.78 is 11.1. The molecule has 1 amide bonds. The topological polar surface area (TPSA) is 80.5 Å². The summed E-state index contributed by atoms with van der Waals surface area (Å²) in [6.07, 6.45) is 0. The van der Waals surface area contributed by atoms with Gasteiger partial charge in [0.1, 0.15) is 6.04 Å². The van der Waals surface area contributed by atoms with E-state index in [-0.39, 0.29) is 5.91 Å². The summed E-state index contributed by atoms with van der Waals surface area (Å²) in [5, 5.41) is 11.1. The first-order chi connectivity index (χ1) is 10.7. The van der Waals surface area contributed by atoms with Crippen LogP contribution in [0.15, 0.2) is 34.7 Å². The highest BCUT2D eigenvalue weighted by atomic mass is 16.5. The second-order valence-corrected chi connectivity index (χ2v) is 5.07. The summed E-state index contributed by atoms with van der Waals surface area (Å²) in [4.78, 5) is 13.5. The van der Waals surface area contributed by atoms with Crippen molar-refractivity contribution in [3.05, 3.63) is 41.8 Å². The van der Waals surface area contributed by atoms with Crippen molar-refractivity contribution in [3.8, 4) is 0 Å². The fourth-order valence-corrected chi connectivity index (χ4v) is 2.36. The van der Waals surface area contributed by atoms with Gasteiger partial charge in [-0.1, -0.05) is 35.4 Å². The molecule has 3 rings (SSSR count). The fraction of sp³-hybridized carbons (Fsp3) is 0.400. The number of benzene rings is 1. The van der Waals surface area contributed by atoms with Gasteiger partial charge >= 0.3 is 6.01 Å². The van der Waals surface area contributed by atoms with Crippen LogP contribution in [0.3, 0.4) is 0 Å². The quantitative estimate of drug-likeness (QED) is 0.912. The molecule has 0 saturated carbocycles. The molecule has 1 aliphatic heterocycles. The van der Waals surface area contributed by atoms with Crippen LogP contribution < -0.4 is 10.2 Å². The molecule has 2 heterocycles. The van der Waals surface area contributed by atoms with Gasteiger partial charge in [0, 0.05) is 20.0 Å². The van der Waals surface area contributed by atoms with Gasteiger partial charge in [0.15, 0.2) is 0 Å². The van der Waals surface area contributed by atoms with E-state index >= 15 is 0 Å². The second-order valence-electron chi connectivity index (χ2n) is 5.07. The Balaban J connectivity index is 1.85. The normalized spacial score (nSPS) is 16.3. The van der Waals surface area contributed by atoms with Crippen molar-refractivity contribution in [1.82, 2.24) is 15.5 Å². The third-order valence-corrected chi connectivity index (χ3v) is 3.44. The molecule has 1 fully saturated rings. The SMILES string of the molecule is CC(=O)N[C@H](c1ccccc1)c1nnc(N2CCOCC2)o1. The van der Waals surface area contributed by atoms with Gasteiger partial charge in [-0.3, -0.25) is 4.79 Å². The van der Waals surface area contributed by atoms with Crippen LogP contribution in [-0.4, -0.2) is 42.4 Å². The van der Waals surface area contributed by atoms with Crippen LogP contribution in [0.25, 0.3) is 0 Å². The summed E-state index contributed by atoms with van der Waals surface area (Å²) in [5.74, 6) is 0.225. The van der Waals surface area contributed by atoms with Gasteiger partial charge in [0.05, 0.1) is 13.2 Å². The van der Waals surface area contributed by atoms with Crippen LogP contribution in [-0.2, 0) is 9.53 Å². The van der Waals surface area contributed by atoms with Crippen LogP contribution in [0, 0.1) is 0 Å². The van der Waals surface area contributed by atoms with Crippen molar-refractivity contribution in [3.63, 3.8) is 0 Å². The molecule has 116 valence electrons. The molecule has 1 aromatic heterocycles. The van der Waals surface area contributed by atoms with Gasteiger partial charge in [0.2, 0.25) is 11.8 Å². The van der Waals surface area contributed by atoms with Gasteiger partial charge in [0.25, 0.3) is 0 Å². The molecular weight excluding hydrogens is 284 g/mol. The number of anilines is 1. The number of carbonyl (C=O) groups excluding carboxylic acids is 1. The van der Waals surface area contributed by atoms with Crippen molar-refractivity contribution < 1.29 is 13.9 Å². The zero-order chi connectivity index (χ0) is 15.4. The van der Waals surface area contributed by atoms with Crippen molar-refractivity contribution in [2.45, 2.75) is 13.0 Å². The molecule has 0 spiro atoms. The molecule has 0 radical (unpaired) electrons. The molecule has 7 heteroatoms. The second kappa shape index (κ2) is 6.57. The largest absolute Gasteiger partial charge is 0.405 e. The number of carbonyl (C=O) groups is 1. The summed E-state index contributed by atoms with van der Waals surface area (Å²) in [6.45, 7) is 4.20. The predicted molar refractivity (Wildman–Crippen MR) is 79.4 cm³/mol. The molecule has 0 unspecified atom stereocenters. The number of aromatic nitrogens is 2. The lowest BCUT2D eigenvalue weighted by atomic mass is 10.1. The minimum absolute atomic E-state index is 0.153. The fourth-order valence-electron chi connectivity index (χ4n) is 2.36. The Labute approximate surface area is 128 Å².